The zero-order valence-corrected chi connectivity index (χ0v) is 7.13. The molecule has 1 aliphatic heterocycles. The van der Waals surface area contributed by atoms with Crippen LogP contribution >= 0.6 is 0 Å². The van der Waals surface area contributed by atoms with E-state index in [9.17, 15) is 0 Å². The first kappa shape index (κ1) is 8.58. The van der Waals surface area contributed by atoms with Gasteiger partial charge in [0, 0.05) is 5.92 Å². The molecule has 0 saturated carbocycles. The maximum atomic E-state index is 5.41. The molecule has 2 heteroatoms. The van der Waals surface area contributed by atoms with Crippen LogP contribution in [0.1, 0.15) is 13.3 Å². The third-order valence-corrected chi connectivity index (χ3v) is 2.19. The van der Waals surface area contributed by atoms with E-state index in [0.717, 1.165) is 13.0 Å². The van der Waals surface area contributed by atoms with Crippen LogP contribution in [0.4, 0.5) is 0 Å². The summed E-state index contributed by atoms with van der Waals surface area (Å²) in [6.45, 7) is 2.89. The lowest BCUT2D eigenvalue weighted by Gasteiger charge is -2.14. The highest BCUT2D eigenvalue weighted by Crippen LogP contribution is 2.21. The molecule has 11 heavy (non-hydrogen) atoms. The molecule has 1 N–H and O–H groups in total. The third-order valence-electron chi connectivity index (χ3n) is 2.19. The summed E-state index contributed by atoms with van der Waals surface area (Å²) in [6.07, 6.45) is 6.80. The Morgan fingerprint density at radius 1 is 1.73 bits per heavy atom. The van der Waals surface area contributed by atoms with E-state index < -0.39 is 0 Å². The fraction of sp³-hybridized carbons (Fsp3) is 0.778. The first-order valence-electron chi connectivity index (χ1n) is 4.03. The normalized spacial score (nSPS) is 33.2. The van der Waals surface area contributed by atoms with E-state index in [1.807, 2.05) is 7.05 Å². The van der Waals surface area contributed by atoms with Gasteiger partial charge in [-0.2, -0.15) is 0 Å². The predicted octanol–water partition coefficient (Wildman–Crippen LogP) is 0.633. The number of ether oxygens (including phenoxy) is 1. The molecule has 2 nitrogen and oxygen atoms in total. The van der Waals surface area contributed by atoms with Crippen molar-refractivity contribution < 1.29 is 4.74 Å². The van der Waals surface area contributed by atoms with E-state index in [-0.39, 0.29) is 6.04 Å². The Labute approximate surface area is 68.3 Å². The summed E-state index contributed by atoms with van der Waals surface area (Å²) in [7, 11) is 1.90. The van der Waals surface area contributed by atoms with Crippen LogP contribution in [0.5, 0.6) is 0 Å². The summed E-state index contributed by atoms with van der Waals surface area (Å²) in [6, 6.07) is 0.181. The zero-order chi connectivity index (χ0) is 8.27. The second kappa shape index (κ2) is 3.75. The highest BCUT2D eigenvalue weighted by molar-refractivity contribution is 5.03. The van der Waals surface area contributed by atoms with Crippen molar-refractivity contribution in [3.05, 3.63) is 0 Å². The van der Waals surface area contributed by atoms with Crippen molar-refractivity contribution >= 4 is 0 Å². The lowest BCUT2D eigenvalue weighted by Crippen LogP contribution is -2.32. The SMILES string of the molecule is C#CC(NC)C1COC(C)C1. The Kier molecular flexibility index (Phi) is 2.92. The van der Waals surface area contributed by atoms with Crippen LogP contribution in [0.25, 0.3) is 0 Å². The van der Waals surface area contributed by atoms with Gasteiger partial charge in [0.1, 0.15) is 0 Å². The van der Waals surface area contributed by atoms with E-state index >= 15 is 0 Å². The van der Waals surface area contributed by atoms with Crippen LogP contribution < -0.4 is 5.32 Å². The summed E-state index contributed by atoms with van der Waals surface area (Å²) in [5.41, 5.74) is 0. The van der Waals surface area contributed by atoms with E-state index in [1.54, 1.807) is 0 Å². The van der Waals surface area contributed by atoms with Gasteiger partial charge in [-0.3, -0.25) is 0 Å². The number of hydrogen-bond acceptors (Lipinski definition) is 2. The Balaban J connectivity index is 2.42. The molecule has 1 saturated heterocycles. The minimum absolute atomic E-state index is 0.181. The fourth-order valence-corrected chi connectivity index (χ4v) is 1.54. The molecule has 0 aliphatic carbocycles. The van der Waals surface area contributed by atoms with Crippen LogP contribution in [0.2, 0.25) is 0 Å². The van der Waals surface area contributed by atoms with Crippen molar-refractivity contribution in [1.29, 1.82) is 0 Å². The lowest BCUT2D eigenvalue weighted by molar-refractivity contribution is 0.119. The molecular weight excluding hydrogens is 138 g/mol. The number of hydrogen-bond donors (Lipinski definition) is 1. The maximum Gasteiger partial charge on any atom is 0.0736 e. The average molecular weight is 153 g/mol. The Morgan fingerprint density at radius 3 is 2.82 bits per heavy atom. The molecular formula is C9H15NO. The van der Waals surface area contributed by atoms with Crippen molar-refractivity contribution in [2.45, 2.75) is 25.5 Å². The van der Waals surface area contributed by atoms with Crippen LogP contribution in [-0.2, 0) is 4.74 Å². The van der Waals surface area contributed by atoms with Crippen molar-refractivity contribution in [3.8, 4) is 12.3 Å². The van der Waals surface area contributed by atoms with Gasteiger partial charge in [-0.15, -0.1) is 6.42 Å². The van der Waals surface area contributed by atoms with Crippen molar-refractivity contribution in [2.24, 2.45) is 5.92 Å². The molecule has 0 radical (unpaired) electrons. The third kappa shape index (κ3) is 1.95. The van der Waals surface area contributed by atoms with Gasteiger partial charge in [0.05, 0.1) is 18.8 Å². The van der Waals surface area contributed by atoms with Gasteiger partial charge in [0.25, 0.3) is 0 Å². The first-order chi connectivity index (χ1) is 5.27. The maximum absolute atomic E-state index is 5.41. The van der Waals surface area contributed by atoms with Gasteiger partial charge in [-0.1, -0.05) is 5.92 Å². The van der Waals surface area contributed by atoms with Gasteiger partial charge in [-0.05, 0) is 20.4 Å². The van der Waals surface area contributed by atoms with E-state index in [2.05, 4.69) is 18.2 Å². The van der Waals surface area contributed by atoms with Crippen LogP contribution in [0, 0.1) is 18.3 Å². The topological polar surface area (TPSA) is 21.3 Å². The summed E-state index contributed by atoms with van der Waals surface area (Å²) < 4.78 is 5.41. The highest BCUT2D eigenvalue weighted by Gasteiger charge is 2.27. The number of terminal acetylenes is 1. The summed E-state index contributed by atoms with van der Waals surface area (Å²) in [4.78, 5) is 0. The van der Waals surface area contributed by atoms with Crippen molar-refractivity contribution in [3.63, 3.8) is 0 Å². The van der Waals surface area contributed by atoms with E-state index in [0.29, 0.717) is 12.0 Å². The standard InChI is InChI=1S/C9H15NO/c1-4-9(10-3)8-5-7(2)11-6-8/h1,7-10H,5-6H2,2-3H3. The molecule has 0 amide bonds. The summed E-state index contributed by atoms with van der Waals surface area (Å²) in [5, 5.41) is 3.10. The van der Waals surface area contributed by atoms with Crippen LogP contribution in [-0.4, -0.2) is 25.8 Å². The molecule has 3 unspecified atom stereocenters. The monoisotopic (exact) mass is 153 g/mol. The minimum atomic E-state index is 0.181. The molecule has 1 heterocycles. The first-order valence-corrected chi connectivity index (χ1v) is 4.03. The lowest BCUT2D eigenvalue weighted by atomic mass is 9.98. The fourth-order valence-electron chi connectivity index (χ4n) is 1.54. The number of rotatable bonds is 2. The Bertz CT molecular complexity index is 161. The molecule has 1 aliphatic rings. The van der Waals surface area contributed by atoms with Crippen LogP contribution in [0.3, 0.4) is 0 Å². The highest BCUT2D eigenvalue weighted by atomic mass is 16.5. The van der Waals surface area contributed by atoms with Crippen molar-refractivity contribution in [2.75, 3.05) is 13.7 Å². The molecule has 0 aromatic carbocycles. The van der Waals surface area contributed by atoms with Gasteiger partial charge in [0.2, 0.25) is 0 Å². The molecule has 62 valence electrons. The second-order valence-corrected chi connectivity index (χ2v) is 3.07. The van der Waals surface area contributed by atoms with E-state index in [4.69, 9.17) is 11.2 Å². The van der Waals surface area contributed by atoms with Gasteiger partial charge in [0.15, 0.2) is 0 Å². The summed E-state index contributed by atoms with van der Waals surface area (Å²) in [5.74, 6) is 3.22. The Hall–Kier alpha value is -0.520. The molecule has 0 aromatic heterocycles. The van der Waals surface area contributed by atoms with Crippen molar-refractivity contribution in [1.82, 2.24) is 5.32 Å². The molecule has 1 rings (SSSR count). The molecule has 0 aromatic rings. The second-order valence-electron chi connectivity index (χ2n) is 3.07. The Morgan fingerprint density at radius 2 is 2.45 bits per heavy atom. The predicted molar refractivity (Wildman–Crippen MR) is 45.2 cm³/mol. The smallest absolute Gasteiger partial charge is 0.0736 e. The zero-order valence-electron chi connectivity index (χ0n) is 7.13. The molecule has 0 spiro atoms. The van der Waals surface area contributed by atoms with Gasteiger partial charge in [-0.25, -0.2) is 0 Å². The quantitative estimate of drug-likeness (QED) is 0.588. The number of nitrogens with one attached hydrogen (secondary N) is 1. The van der Waals surface area contributed by atoms with Crippen LogP contribution in [0.15, 0.2) is 0 Å². The average Bonchev–Trinajstić information content (AvgIpc) is 2.39. The van der Waals surface area contributed by atoms with E-state index in [1.165, 1.54) is 0 Å². The largest absolute Gasteiger partial charge is 0.378 e. The molecule has 1 fully saturated rings. The van der Waals surface area contributed by atoms with Gasteiger partial charge >= 0.3 is 0 Å². The molecule has 0 bridgehead atoms. The van der Waals surface area contributed by atoms with Gasteiger partial charge < -0.3 is 10.1 Å². The summed E-state index contributed by atoms with van der Waals surface area (Å²) >= 11 is 0. The molecule has 3 atom stereocenters. The minimum Gasteiger partial charge on any atom is -0.378 e.